The molecule has 1 saturated carbocycles. The molecule has 2 aromatic rings. The van der Waals surface area contributed by atoms with Crippen LogP contribution in [-0.4, -0.2) is 77.7 Å². The molecule has 4 rings (SSSR count). The van der Waals surface area contributed by atoms with Crippen LogP contribution in [0.4, 0.5) is 5.82 Å². The lowest BCUT2D eigenvalue weighted by Crippen LogP contribution is -2.47. The zero-order valence-corrected chi connectivity index (χ0v) is 19.0. The molecule has 1 aromatic heterocycles. The van der Waals surface area contributed by atoms with Gasteiger partial charge in [-0.1, -0.05) is 11.2 Å². The predicted molar refractivity (Wildman–Crippen MR) is 124 cm³/mol. The molecule has 3 N–H and O–H groups in total. The summed E-state index contributed by atoms with van der Waals surface area (Å²) >= 11 is 0. The summed E-state index contributed by atoms with van der Waals surface area (Å²) in [5.41, 5.74) is 2.04. The molecule has 2 aliphatic rings. The van der Waals surface area contributed by atoms with Gasteiger partial charge in [0.1, 0.15) is 0 Å². The fourth-order valence-electron chi connectivity index (χ4n) is 4.97. The smallest absolute Gasteiger partial charge is 0.222 e. The number of hydrogen-bond acceptors (Lipinski definition) is 7. The number of nitrogens with one attached hydrogen (secondary N) is 1. The van der Waals surface area contributed by atoms with E-state index in [1.807, 2.05) is 6.07 Å². The third kappa shape index (κ3) is 5.79. The molecule has 176 valence electrons. The van der Waals surface area contributed by atoms with Gasteiger partial charge >= 0.3 is 0 Å². The van der Waals surface area contributed by atoms with Crippen molar-refractivity contribution >= 4 is 22.7 Å². The van der Waals surface area contributed by atoms with E-state index < -0.39 is 6.10 Å². The summed E-state index contributed by atoms with van der Waals surface area (Å²) < 4.78 is 5.54. The number of aliphatic hydroxyl groups is 2. The van der Waals surface area contributed by atoms with Crippen LogP contribution in [0.3, 0.4) is 0 Å². The highest BCUT2D eigenvalue weighted by Gasteiger charge is 2.25. The number of rotatable bonds is 8. The molecule has 1 aliphatic heterocycles. The molecule has 1 aliphatic carbocycles. The molecule has 1 saturated heterocycles. The van der Waals surface area contributed by atoms with Crippen LogP contribution in [0.5, 0.6) is 0 Å². The lowest BCUT2D eigenvalue weighted by Gasteiger charge is -2.36. The third-order valence-corrected chi connectivity index (χ3v) is 6.98. The van der Waals surface area contributed by atoms with Crippen molar-refractivity contribution in [2.75, 3.05) is 44.2 Å². The number of aromatic nitrogens is 1. The first-order valence-corrected chi connectivity index (χ1v) is 11.9. The molecule has 0 bridgehead atoms. The number of fused-ring (bicyclic) bond motifs is 1. The highest BCUT2D eigenvalue weighted by molar-refractivity contribution is 5.89. The summed E-state index contributed by atoms with van der Waals surface area (Å²) in [6, 6.07) is 6.46. The summed E-state index contributed by atoms with van der Waals surface area (Å²) in [6.07, 6.45) is 4.49. The number of carbonyl (C=O) groups is 1. The molecule has 32 heavy (non-hydrogen) atoms. The number of hydrogen-bond donors (Lipinski definition) is 3. The molecule has 8 heteroatoms. The highest BCUT2D eigenvalue weighted by Crippen LogP contribution is 2.29. The maximum absolute atomic E-state index is 11.9. The van der Waals surface area contributed by atoms with E-state index >= 15 is 0 Å². The van der Waals surface area contributed by atoms with Gasteiger partial charge in [-0.2, -0.15) is 0 Å². The summed E-state index contributed by atoms with van der Waals surface area (Å²) in [5, 5.41) is 26.7. The molecule has 1 amide bonds. The number of aryl methyl sites for hydroxylation is 1. The van der Waals surface area contributed by atoms with Gasteiger partial charge in [0, 0.05) is 32.2 Å². The SMILES string of the molecule is Cc1ccc2c(N3CCN(CC[C@H]4CC[C@H](NC(=O)CC(O)CO)CC4)CC3)noc2c1. The second kappa shape index (κ2) is 10.6. The normalized spacial score (nSPS) is 23.4. The van der Waals surface area contributed by atoms with E-state index in [4.69, 9.17) is 9.63 Å². The maximum atomic E-state index is 11.9. The Morgan fingerprint density at radius 2 is 1.97 bits per heavy atom. The summed E-state index contributed by atoms with van der Waals surface area (Å²) in [5.74, 6) is 1.52. The maximum Gasteiger partial charge on any atom is 0.222 e. The Bertz CT molecular complexity index is 885. The van der Waals surface area contributed by atoms with Gasteiger partial charge < -0.3 is 25.0 Å². The van der Waals surface area contributed by atoms with Crippen molar-refractivity contribution in [3.8, 4) is 0 Å². The van der Waals surface area contributed by atoms with E-state index in [0.29, 0.717) is 5.92 Å². The van der Waals surface area contributed by atoms with Crippen LogP contribution >= 0.6 is 0 Å². The van der Waals surface area contributed by atoms with Crippen molar-refractivity contribution in [2.45, 2.75) is 57.6 Å². The zero-order valence-electron chi connectivity index (χ0n) is 19.0. The number of amides is 1. The van der Waals surface area contributed by atoms with Crippen LogP contribution in [0.25, 0.3) is 11.0 Å². The van der Waals surface area contributed by atoms with E-state index in [9.17, 15) is 9.90 Å². The Labute approximate surface area is 189 Å². The lowest BCUT2D eigenvalue weighted by molar-refractivity contribution is -0.124. The summed E-state index contributed by atoms with van der Waals surface area (Å²) in [7, 11) is 0. The Hall–Kier alpha value is -2.16. The highest BCUT2D eigenvalue weighted by atomic mass is 16.5. The first kappa shape index (κ1) is 23.0. The van der Waals surface area contributed by atoms with Crippen molar-refractivity contribution < 1.29 is 19.5 Å². The minimum absolute atomic E-state index is 0.0216. The Morgan fingerprint density at radius 1 is 1.22 bits per heavy atom. The van der Waals surface area contributed by atoms with Crippen molar-refractivity contribution in [2.24, 2.45) is 5.92 Å². The van der Waals surface area contributed by atoms with Crippen LogP contribution < -0.4 is 10.2 Å². The number of nitrogens with zero attached hydrogens (tertiary/aromatic N) is 3. The molecule has 1 aromatic carbocycles. The molecule has 8 nitrogen and oxygen atoms in total. The topological polar surface area (TPSA) is 102 Å². The van der Waals surface area contributed by atoms with Gasteiger partial charge in [0.25, 0.3) is 0 Å². The summed E-state index contributed by atoms with van der Waals surface area (Å²) in [4.78, 5) is 16.8. The lowest BCUT2D eigenvalue weighted by atomic mass is 9.84. The minimum Gasteiger partial charge on any atom is -0.394 e. The van der Waals surface area contributed by atoms with Crippen LogP contribution in [0.2, 0.25) is 0 Å². The van der Waals surface area contributed by atoms with E-state index in [1.54, 1.807) is 0 Å². The number of carbonyl (C=O) groups excluding carboxylic acids is 1. The van der Waals surface area contributed by atoms with Gasteiger partial charge in [-0.05, 0) is 69.2 Å². The number of piperazine rings is 1. The Balaban J connectivity index is 1.16. The van der Waals surface area contributed by atoms with E-state index in [1.165, 1.54) is 12.0 Å². The number of aliphatic hydroxyl groups excluding tert-OH is 2. The van der Waals surface area contributed by atoms with Gasteiger partial charge in [0.15, 0.2) is 11.4 Å². The number of anilines is 1. The van der Waals surface area contributed by atoms with Crippen LogP contribution in [0.15, 0.2) is 22.7 Å². The van der Waals surface area contributed by atoms with Gasteiger partial charge in [-0.15, -0.1) is 0 Å². The second-order valence-corrected chi connectivity index (χ2v) is 9.45. The van der Waals surface area contributed by atoms with Crippen LogP contribution in [0.1, 0.15) is 44.1 Å². The third-order valence-electron chi connectivity index (χ3n) is 6.98. The van der Waals surface area contributed by atoms with Gasteiger partial charge in [-0.3, -0.25) is 9.69 Å². The predicted octanol–water partition coefficient (Wildman–Crippen LogP) is 2.07. The molecule has 1 atom stereocenters. The first-order valence-electron chi connectivity index (χ1n) is 11.9. The average Bonchev–Trinajstić information content (AvgIpc) is 3.21. The van der Waals surface area contributed by atoms with Crippen LogP contribution in [0, 0.1) is 12.8 Å². The second-order valence-electron chi connectivity index (χ2n) is 9.45. The average molecular weight is 445 g/mol. The van der Waals surface area contributed by atoms with Crippen molar-refractivity contribution in [3.63, 3.8) is 0 Å². The monoisotopic (exact) mass is 444 g/mol. The number of benzene rings is 1. The molecule has 0 radical (unpaired) electrons. The molecule has 0 spiro atoms. The van der Waals surface area contributed by atoms with Gasteiger partial charge in [-0.25, -0.2) is 0 Å². The van der Waals surface area contributed by atoms with Gasteiger partial charge in [0.2, 0.25) is 5.91 Å². The van der Waals surface area contributed by atoms with Gasteiger partial charge in [0.05, 0.1) is 24.5 Å². The fourth-order valence-corrected chi connectivity index (χ4v) is 4.97. The minimum atomic E-state index is -0.959. The molecular weight excluding hydrogens is 408 g/mol. The van der Waals surface area contributed by atoms with Crippen molar-refractivity contribution in [1.29, 1.82) is 0 Å². The largest absolute Gasteiger partial charge is 0.394 e. The summed E-state index contributed by atoms with van der Waals surface area (Å²) in [6.45, 7) is 6.83. The van der Waals surface area contributed by atoms with Crippen LogP contribution in [-0.2, 0) is 4.79 Å². The molecule has 2 fully saturated rings. The Kier molecular flexibility index (Phi) is 7.65. The fraction of sp³-hybridized carbons (Fsp3) is 0.667. The zero-order chi connectivity index (χ0) is 22.5. The molecule has 1 unspecified atom stereocenters. The Morgan fingerprint density at radius 3 is 2.69 bits per heavy atom. The molecular formula is C24H36N4O4. The van der Waals surface area contributed by atoms with Crippen molar-refractivity contribution in [3.05, 3.63) is 23.8 Å². The van der Waals surface area contributed by atoms with E-state index in [0.717, 1.165) is 75.2 Å². The first-order chi connectivity index (χ1) is 15.5. The van der Waals surface area contributed by atoms with E-state index in [2.05, 4.69) is 39.3 Å². The standard InChI is InChI=1S/C24H36N4O4/c1-17-2-7-21-22(14-17)32-26-24(21)28-12-10-27(11-13-28)9-8-18-3-5-19(6-4-18)25-23(31)15-20(30)16-29/h2,7,14,18-20,29-30H,3-6,8-13,15-16H2,1H3,(H,25,31)/t18-,19-,20?. The van der Waals surface area contributed by atoms with Crippen molar-refractivity contribution in [1.82, 2.24) is 15.4 Å². The molecule has 2 heterocycles. The quantitative estimate of drug-likeness (QED) is 0.573. The van der Waals surface area contributed by atoms with E-state index in [-0.39, 0.29) is 25.0 Å².